The summed E-state index contributed by atoms with van der Waals surface area (Å²) in [5.74, 6) is 0.482. The number of rotatable bonds is 3. The number of anilines is 1. The van der Waals surface area contributed by atoms with Crippen LogP contribution in [0.15, 0.2) is 17.5 Å². The lowest BCUT2D eigenvalue weighted by Crippen LogP contribution is -2.35. The Morgan fingerprint density at radius 1 is 1.53 bits per heavy atom. The van der Waals surface area contributed by atoms with E-state index in [1.165, 1.54) is 6.20 Å². The zero-order valence-electron chi connectivity index (χ0n) is 9.32. The molecular weight excluding hydrogens is 222 g/mol. The van der Waals surface area contributed by atoms with Gasteiger partial charge in [-0.1, -0.05) is 5.16 Å². The lowest BCUT2D eigenvalue weighted by molar-refractivity contribution is 0.266. The largest absolute Gasteiger partial charge is 0.409 e. The normalized spacial score (nSPS) is 20.9. The summed E-state index contributed by atoms with van der Waals surface area (Å²) in [6.07, 6.45) is 4.93. The number of hydrogen-bond donors (Lipinski definition) is 3. The molecule has 1 aromatic heterocycles. The minimum absolute atomic E-state index is 0.0249. The smallest absolute Gasteiger partial charge is 0.192 e. The summed E-state index contributed by atoms with van der Waals surface area (Å²) in [6.45, 7) is 0.849. The highest BCUT2D eigenvalue weighted by molar-refractivity contribution is 5.99. The summed E-state index contributed by atoms with van der Waals surface area (Å²) in [4.78, 5) is 10.2. The van der Waals surface area contributed by atoms with Gasteiger partial charge in [0.1, 0.15) is 0 Å². The molecule has 0 spiro atoms. The van der Waals surface area contributed by atoms with Crippen molar-refractivity contribution >= 4 is 11.7 Å². The molecule has 1 aliphatic rings. The van der Waals surface area contributed by atoms with E-state index < -0.39 is 0 Å². The van der Waals surface area contributed by atoms with E-state index in [1.54, 1.807) is 6.20 Å². The first-order valence-corrected chi connectivity index (χ1v) is 5.44. The zero-order valence-corrected chi connectivity index (χ0v) is 9.32. The van der Waals surface area contributed by atoms with Crippen molar-refractivity contribution in [3.8, 4) is 0 Å². The van der Waals surface area contributed by atoms with Gasteiger partial charge in [0, 0.05) is 18.9 Å². The van der Waals surface area contributed by atoms with Gasteiger partial charge in [0.05, 0.1) is 12.6 Å². The lowest BCUT2D eigenvalue weighted by Gasteiger charge is -2.25. The van der Waals surface area contributed by atoms with Crippen molar-refractivity contribution in [3.63, 3.8) is 0 Å². The SMILES string of the molecule is N/C(=N/O)c1nccnc1N1CCCC1CO. The molecule has 1 unspecified atom stereocenters. The molecule has 7 nitrogen and oxygen atoms in total. The fourth-order valence-corrected chi connectivity index (χ4v) is 2.07. The number of aromatic nitrogens is 2. The van der Waals surface area contributed by atoms with Gasteiger partial charge in [-0.3, -0.25) is 0 Å². The van der Waals surface area contributed by atoms with Crippen molar-refractivity contribution in [1.82, 2.24) is 9.97 Å². The highest BCUT2D eigenvalue weighted by Crippen LogP contribution is 2.25. The van der Waals surface area contributed by atoms with Crippen molar-refractivity contribution < 1.29 is 10.3 Å². The quantitative estimate of drug-likeness (QED) is 0.284. The minimum atomic E-state index is -0.0725. The van der Waals surface area contributed by atoms with Crippen molar-refractivity contribution in [2.75, 3.05) is 18.1 Å². The summed E-state index contributed by atoms with van der Waals surface area (Å²) < 4.78 is 0. The number of hydrogen-bond acceptors (Lipinski definition) is 6. The number of oxime groups is 1. The first-order valence-electron chi connectivity index (χ1n) is 5.44. The Balaban J connectivity index is 2.38. The van der Waals surface area contributed by atoms with E-state index in [1.807, 2.05) is 4.90 Å². The van der Waals surface area contributed by atoms with Gasteiger partial charge in [0.25, 0.3) is 0 Å². The molecule has 92 valence electrons. The molecule has 0 aliphatic carbocycles. The number of aliphatic hydroxyl groups is 1. The monoisotopic (exact) mass is 237 g/mol. The molecule has 2 rings (SSSR count). The molecule has 0 bridgehead atoms. The molecule has 1 fully saturated rings. The Labute approximate surface area is 98.6 Å². The summed E-state index contributed by atoms with van der Waals surface area (Å²) in [5, 5.41) is 20.9. The number of nitrogens with zero attached hydrogens (tertiary/aromatic N) is 4. The van der Waals surface area contributed by atoms with E-state index in [9.17, 15) is 5.11 Å². The minimum Gasteiger partial charge on any atom is -0.409 e. The summed E-state index contributed by atoms with van der Waals surface area (Å²) in [5.41, 5.74) is 5.90. The standard InChI is InChI=1S/C10H15N5O2/c11-9(14-17)8-10(13-4-3-12-8)15-5-1-2-7(15)6-16/h3-4,7,16-17H,1-2,5-6H2,(H2,11,14). The highest BCUT2D eigenvalue weighted by Gasteiger charge is 2.28. The van der Waals surface area contributed by atoms with Gasteiger partial charge in [0.2, 0.25) is 0 Å². The van der Waals surface area contributed by atoms with Gasteiger partial charge >= 0.3 is 0 Å². The van der Waals surface area contributed by atoms with Crippen LogP contribution < -0.4 is 10.6 Å². The first kappa shape index (κ1) is 11.6. The Kier molecular flexibility index (Phi) is 3.38. The van der Waals surface area contributed by atoms with E-state index >= 15 is 0 Å². The zero-order chi connectivity index (χ0) is 12.3. The molecule has 0 aromatic carbocycles. The van der Waals surface area contributed by atoms with Crippen LogP contribution in [0.3, 0.4) is 0 Å². The van der Waals surface area contributed by atoms with Crippen molar-refractivity contribution in [2.45, 2.75) is 18.9 Å². The van der Waals surface area contributed by atoms with Crippen LogP contribution in [0.1, 0.15) is 18.5 Å². The van der Waals surface area contributed by atoms with Gasteiger partial charge in [-0.15, -0.1) is 0 Å². The van der Waals surface area contributed by atoms with Crippen molar-refractivity contribution in [3.05, 3.63) is 18.1 Å². The molecule has 4 N–H and O–H groups in total. The van der Waals surface area contributed by atoms with Crippen LogP contribution in [0.4, 0.5) is 5.82 Å². The topological polar surface area (TPSA) is 108 Å². The molecule has 1 aromatic rings. The number of amidine groups is 1. The van der Waals surface area contributed by atoms with Gasteiger partial charge in [-0.05, 0) is 12.8 Å². The second-order valence-electron chi connectivity index (χ2n) is 3.89. The molecule has 0 saturated carbocycles. The number of aliphatic hydroxyl groups excluding tert-OH is 1. The maximum absolute atomic E-state index is 9.28. The molecular formula is C10H15N5O2. The fourth-order valence-electron chi connectivity index (χ4n) is 2.07. The van der Waals surface area contributed by atoms with Gasteiger partial charge in [-0.2, -0.15) is 0 Å². The predicted octanol–water partition coefficient (Wildman–Crippen LogP) is -0.468. The van der Waals surface area contributed by atoms with Gasteiger partial charge < -0.3 is 20.9 Å². The van der Waals surface area contributed by atoms with Gasteiger partial charge in [-0.25, -0.2) is 9.97 Å². The molecule has 1 atom stereocenters. The van der Waals surface area contributed by atoms with E-state index in [2.05, 4.69) is 15.1 Å². The summed E-state index contributed by atoms with van der Waals surface area (Å²) >= 11 is 0. The van der Waals surface area contributed by atoms with Crippen molar-refractivity contribution in [1.29, 1.82) is 0 Å². The van der Waals surface area contributed by atoms with E-state index in [-0.39, 0.29) is 18.5 Å². The van der Waals surface area contributed by atoms with Crippen LogP contribution in [0.5, 0.6) is 0 Å². The van der Waals surface area contributed by atoms with Crippen LogP contribution in [-0.2, 0) is 0 Å². The molecule has 0 amide bonds. The summed E-state index contributed by atoms with van der Waals surface area (Å²) in [7, 11) is 0. The Morgan fingerprint density at radius 3 is 3.00 bits per heavy atom. The molecule has 1 saturated heterocycles. The van der Waals surface area contributed by atoms with Crippen LogP contribution >= 0.6 is 0 Å². The Hall–Kier alpha value is -1.89. The first-order chi connectivity index (χ1) is 8.27. The van der Waals surface area contributed by atoms with E-state index in [0.29, 0.717) is 11.5 Å². The highest BCUT2D eigenvalue weighted by atomic mass is 16.4. The maximum Gasteiger partial charge on any atom is 0.192 e. The predicted molar refractivity (Wildman–Crippen MR) is 62.0 cm³/mol. The maximum atomic E-state index is 9.28. The molecule has 1 aliphatic heterocycles. The third kappa shape index (κ3) is 2.14. The van der Waals surface area contributed by atoms with Crippen LogP contribution in [0.2, 0.25) is 0 Å². The average Bonchev–Trinajstić information content (AvgIpc) is 2.86. The molecule has 7 heteroatoms. The second-order valence-corrected chi connectivity index (χ2v) is 3.89. The third-order valence-corrected chi connectivity index (χ3v) is 2.89. The van der Waals surface area contributed by atoms with Crippen LogP contribution in [0, 0.1) is 0 Å². The lowest BCUT2D eigenvalue weighted by atomic mass is 10.2. The molecule has 2 heterocycles. The second kappa shape index (κ2) is 4.96. The Morgan fingerprint density at radius 2 is 2.29 bits per heavy atom. The average molecular weight is 237 g/mol. The molecule has 0 radical (unpaired) electrons. The molecule has 17 heavy (non-hydrogen) atoms. The van der Waals surface area contributed by atoms with Gasteiger partial charge in [0.15, 0.2) is 17.3 Å². The van der Waals surface area contributed by atoms with Crippen molar-refractivity contribution in [2.24, 2.45) is 10.9 Å². The van der Waals surface area contributed by atoms with E-state index in [0.717, 1.165) is 19.4 Å². The third-order valence-electron chi connectivity index (χ3n) is 2.89. The van der Waals surface area contributed by atoms with E-state index in [4.69, 9.17) is 10.9 Å². The Bertz CT molecular complexity index is 423. The van der Waals surface area contributed by atoms with Crippen LogP contribution in [-0.4, -0.2) is 45.3 Å². The summed E-state index contributed by atoms with van der Waals surface area (Å²) in [6, 6.07) is 0.0249. The fraction of sp³-hybridized carbons (Fsp3) is 0.500. The van der Waals surface area contributed by atoms with Crippen LogP contribution in [0.25, 0.3) is 0 Å². The number of nitrogens with two attached hydrogens (primary N) is 1.